The molecule has 0 aromatic heterocycles. The highest BCUT2D eigenvalue weighted by molar-refractivity contribution is 6.30. The number of rotatable bonds is 6. The van der Waals surface area contributed by atoms with Crippen LogP contribution in [0.15, 0.2) is 36.9 Å². The van der Waals surface area contributed by atoms with Crippen LogP contribution < -0.4 is 5.32 Å². The van der Waals surface area contributed by atoms with Crippen LogP contribution in [0.5, 0.6) is 0 Å². The lowest BCUT2D eigenvalue weighted by Gasteiger charge is -2.17. The van der Waals surface area contributed by atoms with Gasteiger partial charge >= 0.3 is 0 Å². The van der Waals surface area contributed by atoms with Crippen molar-refractivity contribution in [3.8, 4) is 0 Å². The number of hydrogen-bond donors (Lipinski definition) is 1. The van der Waals surface area contributed by atoms with Gasteiger partial charge in [-0.05, 0) is 37.1 Å². The summed E-state index contributed by atoms with van der Waals surface area (Å²) < 4.78 is 0. The minimum Gasteiger partial charge on any atom is -0.310 e. The van der Waals surface area contributed by atoms with Gasteiger partial charge in [-0.25, -0.2) is 0 Å². The molecule has 0 fully saturated rings. The zero-order chi connectivity index (χ0) is 11.1. The van der Waals surface area contributed by atoms with E-state index in [1.165, 1.54) is 5.56 Å². The van der Waals surface area contributed by atoms with Crippen molar-refractivity contribution in [1.29, 1.82) is 0 Å². The van der Waals surface area contributed by atoms with Gasteiger partial charge in [0.25, 0.3) is 0 Å². The molecule has 15 heavy (non-hydrogen) atoms. The highest BCUT2D eigenvalue weighted by Crippen LogP contribution is 2.20. The van der Waals surface area contributed by atoms with Gasteiger partial charge < -0.3 is 5.32 Å². The van der Waals surface area contributed by atoms with E-state index in [1.54, 1.807) is 0 Å². The van der Waals surface area contributed by atoms with Crippen LogP contribution in [0.25, 0.3) is 0 Å². The molecule has 0 radical (unpaired) electrons. The maximum absolute atomic E-state index is 5.97. The number of nitrogens with one attached hydrogen (secondary N) is 1. The predicted octanol–water partition coefficient (Wildman–Crippen LogP) is 3.96. The van der Waals surface area contributed by atoms with Crippen molar-refractivity contribution in [3.05, 3.63) is 47.5 Å². The molecule has 1 nitrogen and oxygen atoms in total. The quantitative estimate of drug-likeness (QED) is 0.720. The van der Waals surface area contributed by atoms with E-state index in [0.29, 0.717) is 6.04 Å². The average molecular weight is 224 g/mol. The second kappa shape index (κ2) is 6.65. The molecule has 1 N–H and O–H groups in total. The molecule has 0 aliphatic rings. The molecule has 1 aromatic rings. The lowest BCUT2D eigenvalue weighted by atomic mass is 10.0. The summed E-state index contributed by atoms with van der Waals surface area (Å²) in [5.74, 6) is 0. The third-order valence-corrected chi connectivity index (χ3v) is 2.53. The van der Waals surface area contributed by atoms with Gasteiger partial charge in [0, 0.05) is 11.1 Å². The van der Waals surface area contributed by atoms with Crippen molar-refractivity contribution in [1.82, 2.24) is 5.32 Å². The number of benzene rings is 1. The summed E-state index contributed by atoms with van der Waals surface area (Å²) >= 11 is 5.97. The summed E-state index contributed by atoms with van der Waals surface area (Å²) in [5, 5.41) is 4.28. The van der Waals surface area contributed by atoms with E-state index in [-0.39, 0.29) is 0 Å². The molecular weight excluding hydrogens is 206 g/mol. The van der Waals surface area contributed by atoms with E-state index >= 15 is 0 Å². The Morgan fingerprint density at radius 2 is 2.33 bits per heavy atom. The molecule has 0 bridgehead atoms. The second-order valence-corrected chi connectivity index (χ2v) is 4.02. The number of halogens is 1. The molecule has 2 heteroatoms. The van der Waals surface area contributed by atoms with Crippen LogP contribution in [0.4, 0.5) is 0 Å². The topological polar surface area (TPSA) is 12.0 Å². The summed E-state index contributed by atoms with van der Waals surface area (Å²) in [5.41, 5.74) is 1.23. The van der Waals surface area contributed by atoms with Gasteiger partial charge in [-0.1, -0.05) is 36.7 Å². The van der Waals surface area contributed by atoms with Crippen molar-refractivity contribution in [2.45, 2.75) is 25.8 Å². The Kier molecular flexibility index (Phi) is 5.44. The fraction of sp³-hybridized carbons (Fsp3) is 0.385. The average Bonchev–Trinajstić information content (AvgIpc) is 2.24. The molecule has 0 amide bonds. The summed E-state index contributed by atoms with van der Waals surface area (Å²) in [6.45, 7) is 6.97. The largest absolute Gasteiger partial charge is 0.310 e. The first-order valence-electron chi connectivity index (χ1n) is 5.37. The predicted molar refractivity (Wildman–Crippen MR) is 67.3 cm³/mol. The number of hydrogen-bond acceptors (Lipinski definition) is 1. The Morgan fingerprint density at radius 3 is 2.93 bits per heavy atom. The van der Waals surface area contributed by atoms with Crippen molar-refractivity contribution in [3.63, 3.8) is 0 Å². The highest BCUT2D eigenvalue weighted by Gasteiger charge is 2.08. The Hall–Kier alpha value is -0.790. The fourth-order valence-electron chi connectivity index (χ4n) is 1.55. The Balaban J connectivity index is 2.73. The molecule has 1 aromatic carbocycles. The summed E-state index contributed by atoms with van der Waals surface area (Å²) in [4.78, 5) is 0. The molecule has 0 heterocycles. The van der Waals surface area contributed by atoms with Gasteiger partial charge in [0.2, 0.25) is 0 Å². The lowest BCUT2D eigenvalue weighted by Crippen LogP contribution is -2.21. The Labute approximate surface area is 97.1 Å². The molecule has 1 rings (SSSR count). The maximum atomic E-state index is 5.97. The highest BCUT2D eigenvalue weighted by atomic mass is 35.5. The zero-order valence-corrected chi connectivity index (χ0v) is 9.93. The van der Waals surface area contributed by atoms with Gasteiger partial charge in [0.15, 0.2) is 0 Å². The summed E-state index contributed by atoms with van der Waals surface area (Å²) in [6, 6.07) is 8.33. The molecule has 0 spiro atoms. The summed E-state index contributed by atoms with van der Waals surface area (Å²) in [7, 11) is 0. The monoisotopic (exact) mass is 223 g/mol. The van der Waals surface area contributed by atoms with Crippen LogP contribution in [0.3, 0.4) is 0 Å². The fourth-order valence-corrected chi connectivity index (χ4v) is 1.74. The standard InChI is InChI=1S/C13H18ClN/c1-3-6-13(15-9-4-2)11-7-5-8-12(14)10-11/h3,5,7-8,10,13,15H,1,4,6,9H2,2H3. The SMILES string of the molecule is C=CCC(NCCC)c1cccc(Cl)c1. The van der Waals surface area contributed by atoms with Crippen molar-refractivity contribution in [2.24, 2.45) is 0 Å². The molecule has 82 valence electrons. The van der Waals surface area contributed by atoms with Gasteiger partial charge in [-0.15, -0.1) is 6.58 Å². The first-order valence-corrected chi connectivity index (χ1v) is 5.75. The Morgan fingerprint density at radius 1 is 1.53 bits per heavy atom. The molecule has 0 aliphatic carbocycles. The first kappa shape index (κ1) is 12.3. The van der Waals surface area contributed by atoms with Crippen LogP contribution in [-0.4, -0.2) is 6.54 Å². The van der Waals surface area contributed by atoms with Crippen LogP contribution in [0, 0.1) is 0 Å². The van der Waals surface area contributed by atoms with E-state index in [9.17, 15) is 0 Å². The third-order valence-electron chi connectivity index (χ3n) is 2.29. The first-order chi connectivity index (χ1) is 7.27. The minimum atomic E-state index is 0.334. The van der Waals surface area contributed by atoms with Crippen LogP contribution in [-0.2, 0) is 0 Å². The van der Waals surface area contributed by atoms with E-state index < -0.39 is 0 Å². The molecule has 0 saturated carbocycles. The second-order valence-electron chi connectivity index (χ2n) is 3.59. The maximum Gasteiger partial charge on any atom is 0.0409 e. The lowest BCUT2D eigenvalue weighted by molar-refractivity contribution is 0.537. The molecular formula is C13H18ClN. The van der Waals surface area contributed by atoms with Gasteiger partial charge in [0.1, 0.15) is 0 Å². The minimum absolute atomic E-state index is 0.334. The Bertz CT molecular complexity index is 309. The zero-order valence-electron chi connectivity index (χ0n) is 9.17. The van der Waals surface area contributed by atoms with E-state index in [1.807, 2.05) is 24.3 Å². The van der Waals surface area contributed by atoms with E-state index in [4.69, 9.17) is 11.6 Å². The van der Waals surface area contributed by atoms with E-state index in [2.05, 4.69) is 24.9 Å². The van der Waals surface area contributed by atoms with Gasteiger partial charge in [-0.2, -0.15) is 0 Å². The normalized spacial score (nSPS) is 12.4. The van der Waals surface area contributed by atoms with Crippen molar-refractivity contribution >= 4 is 11.6 Å². The van der Waals surface area contributed by atoms with Crippen LogP contribution in [0.1, 0.15) is 31.4 Å². The third kappa shape index (κ3) is 4.06. The molecule has 0 saturated heterocycles. The molecule has 1 unspecified atom stereocenters. The van der Waals surface area contributed by atoms with Crippen LogP contribution >= 0.6 is 11.6 Å². The van der Waals surface area contributed by atoms with Crippen molar-refractivity contribution < 1.29 is 0 Å². The molecule has 0 aliphatic heterocycles. The smallest absolute Gasteiger partial charge is 0.0409 e. The van der Waals surface area contributed by atoms with Gasteiger partial charge in [0.05, 0.1) is 0 Å². The van der Waals surface area contributed by atoms with Crippen molar-refractivity contribution in [2.75, 3.05) is 6.54 Å². The summed E-state index contributed by atoms with van der Waals surface area (Å²) in [6.07, 6.45) is 4.00. The van der Waals surface area contributed by atoms with Gasteiger partial charge in [-0.3, -0.25) is 0 Å². The van der Waals surface area contributed by atoms with E-state index in [0.717, 1.165) is 24.4 Å². The van der Waals surface area contributed by atoms with Crippen LogP contribution in [0.2, 0.25) is 5.02 Å². The molecule has 1 atom stereocenters.